The Kier molecular flexibility index (Phi) is 4.71. The number of nitrogens with zero attached hydrogens (tertiary/aromatic N) is 5. The molecule has 7 nitrogen and oxygen atoms in total. The molecule has 2 heterocycles. The lowest BCUT2D eigenvalue weighted by Gasteiger charge is -2.42. The van der Waals surface area contributed by atoms with Gasteiger partial charge in [-0.2, -0.15) is 4.98 Å². The lowest BCUT2D eigenvalue weighted by atomic mass is 9.63. The van der Waals surface area contributed by atoms with Gasteiger partial charge in [0.2, 0.25) is 5.95 Å². The molecule has 1 amide bonds. The maximum atomic E-state index is 11.1. The van der Waals surface area contributed by atoms with Crippen LogP contribution in [0.25, 0.3) is 11.4 Å². The highest BCUT2D eigenvalue weighted by molar-refractivity contribution is 5.65. The third-order valence-corrected chi connectivity index (χ3v) is 6.50. The summed E-state index contributed by atoms with van der Waals surface area (Å²) in [5, 5.41) is 9.13. The van der Waals surface area contributed by atoms with Gasteiger partial charge in [0.25, 0.3) is 0 Å². The monoisotopic (exact) mass is 395 g/mol. The van der Waals surface area contributed by atoms with Crippen LogP contribution in [0.15, 0.2) is 24.5 Å². The maximum Gasteiger partial charge on any atom is 0.407 e. The minimum Gasteiger partial charge on any atom is -0.465 e. The first-order valence-electron chi connectivity index (χ1n) is 10.2. The number of carboxylic acid groups (broad SMARTS) is 1. The summed E-state index contributed by atoms with van der Waals surface area (Å²) in [4.78, 5) is 28.0. The second kappa shape index (κ2) is 6.97. The van der Waals surface area contributed by atoms with Crippen molar-refractivity contribution in [3.8, 4) is 11.4 Å². The first-order chi connectivity index (χ1) is 13.7. The number of anilines is 1. The number of amides is 1. The van der Waals surface area contributed by atoms with Crippen LogP contribution in [0.1, 0.15) is 51.7 Å². The van der Waals surface area contributed by atoms with Crippen molar-refractivity contribution in [2.45, 2.75) is 51.4 Å². The molecular weight excluding hydrogens is 366 g/mol. The number of carbonyl (C=O) groups is 1. The Morgan fingerprint density at radius 2 is 1.62 bits per heavy atom. The summed E-state index contributed by atoms with van der Waals surface area (Å²) >= 11 is 0. The predicted molar refractivity (Wildman–Crippen MR) is 112 cm³/mol. The zero-order chi connectivity index (χ0) is 20.8. The van der Waals surface area contributed by atoms with E-state index in [0.29, 0.717) is 38.0 Å². The maximum absolute atomic E-state index is 11.1. The number of aromatic nitrogens is 3. The Morgan fingerprint density at radius 1 is 0.966 bits per heavy atom. The Balaban J connectivity index is 1.64. The van der Waals surface area contributed by atoms with Crippen molar-refractivity contribution in [2.24, 2.45) is 0 Å². The molecule has 7 heteroatoms. The standard InChI is InChI=1S/C22H29N5O2/c1-21(2)7-8-22(3,4)17-13-15(5-6-16(17)21)18-23-14-24-19(25-18)26-9-11-27(12-10-26)20(28)29/h5-6,13-14H,7-12H2,1-4H3,(H,28,29). The van der Waals surface area contributed by atoms with Crippen molar-refractivity contribution < 1.29 is 9.90 Å². The van der Waals surface area contributed by atoms with Gasteiger partial charge >= 0.3 is 6.09 Å². The molecule has 29 heavy (non-hydrogen) atoms. The van der Waals surface area contributed by atoms with E-state index in [0.717, 1.165) is 12.0 Å². The molecule has 4 rings (SSSR count). The molecule has 2 aliphatic rings. The number of piperazine rings is 1. The molecule has 1 fully saturated rings. The van der Waals surface area contributed by atoms with Crippen LogP contribution < -0.4 is 4.90 Å². The number of fused-ring (bicyclic) bond motifs is 1. The van der Waals surface area contributed by atoms with Gasteiger partial charge in [0.15, 0.2) is 5.82 Å². The smallest absolute Gasteiger partial charge is 0.407 e. The highest BCUT2D eigenvalue weighted by Gasteiger charge is 2.37. The number of rotatable bonds is 2. The van der Waals surface area contributed by atoms with E-state index >= 15 is 0 Å². The summed E-state index contributed by atoms with van der Waals surface area (Å²) in [6.45, 7) is 11.3. The molecule has 0 bridgehead atoms. The van der Waals surface area contributed by atoms with Crippen molar-refractivity contribution in [2.75, 3.05) is 31.1 Å². The fourth-order valence-electron chi connectivity index (χ4n) is 4.40. The van der Waals surface area contributed by atoms with Gasteiger partial charge in [-0.3, -0.25) is 0 Å². The lowest BCUT2D eigenvalue weighted by molar-refractivity contribution is 0.142. The average Bonchev–Trinajstić information content (AvgIpc) is 2.71. The molecule has 0 spiro atoms. The summed E-state index contributed by atoms with van der Waals surface area (Å²) in [7, 11) is 0. The van der Waals surface area contributed by atoms with Gasteiger partial charge in [-0.05, 0) is 40.9 Å². The van der Waals surface area contributed by atoms with E-state index in [1.54, 1.807) is 6.33 Å². The largest absolute Gasteiger partial charge is 0.465 e. The molecule has 1 N–H and O–H groups in total. The van der Waals surface area contributed by atoms with Gasteiger partial charge in [-0.15, -0.1) is 0 Å². The van der Waals surface area contributed by atoms with Gasteiger partial charge in [-0.25, -0.2) is 14.8 Å². The third-order valence-electron chi connectivity index (χ3n) is 6.50. The lowest BCUT2D eigenvalue weighted by Crippen LogP contribution is -2.48. The molecule has 154 valence electrons. The normalized spacial score (nSPS) is 20.3. The average molecular weight is 396 g/mol. The first kappa shape index (κ1) is 19.6. The van der Waals surface area contributed by atoms with Crippen LogP contribution in [-0.4, -0.2) is 57.2 Å². The van der Waals surface area contributed by atoms with Gasteiger partial charge < -0.3 is 14.9 Å². The topological polar surface area (TPSA) is 82.5 Å². The highest BCUT2D eigenvalue weighted by Crippen LogP contribution is 2.46. The van der Waals surface area contributed by atoms with E-state index in [4.69, 9.17) is 10.1 Å². The first-order valence-corrected chi connectivity index (χ1v) is 10.2. The number of benzene rings is 1. The predicted octanol–water partition coefficient (Wildman–Crippen LogP) is 3.69. The van der Waals surface area contributed by atoms with Crippen LogP contribution in [0.5, 0.6) is 0 Å². The van der Waals surface area contributed by atoms with Crippen molar-refractivity contribution in [3.05, 3.63) is 35.7 Å². The molecule has 1 aromatic heterocycles. The Bertz CT molecular complexity index is 933. The Morgan fingerprint density at radius 3 is 2.28 bits per heavy atom. The van der Waals surface area contributed by atoms with Crippen molar-refractivity contribution >= 4 is 12.0 Å². The van der Waals surface area contributed by atoms with Crippen LogP contribution in [0.3, 0.4) is 0 Å². The van der Waals surface area contributed by atoms with Crippen molar-refractivity contribution in [1.82, 2.24) is 19.9 Å². The molecule has 0 radical (unpaired) electrons. The second-order valence-corrected chi connectivity index (χ2v) is 9.39. The third kappa shape index (κ3) is 3.66. The van der Waals surface area contributed by atoms with Crippen LogP contribution >= 0.6 is 0 Å². The summed E-state index contributed by atoms with van der Waals surface area (Å²) in [6.07, 6.45) is 3.02. The molecule has 1 saturated heterocycles. The minimum absolute atomic E-state index is 0.129. The van der Waals surface area contributed by atoms with Crippen LogP contribution in [0.2, 0.25) is 0 Å². The quantitative estimate of drug-likeness (QED) is 0.835. The summed E-state index contributed by atoms with van der Waals surface area (Å²) in [6, 6.07) is 6.60. The van der Waals surface area contributed by atoms with Crippen LogP contribution in [0.4, 0.5) is 10.7 Å². The summed E-state index contributed by atoms with van der Waals surface area (Å²) < 4.78 is 0. The van der Waals surface area contributed by atoms with E-state index in [-0.39, 0.29) is 10.8 Å². The zero-order valence-corrected chi connectivity index (χ0v) is 17.6. The van der Waals surface area contributed by atoms with Crippen molar-refractivity contribution in [1.29, 1.82) is 0 Å². The summed E-state index contributed by atoms with van der Waals surface area (Å²) in [5.41, 5.74) is 4.10. The number of hydrogen-bond acceptors (Lipinski definition) is 5. The molecule has 1 aromatic carbocycles. The van der Waals surface area contributed by atoms with E-state index in [1.165, 1.54) is 22.4 Å². The Hall–Kier alpha value is -2.70. The van der Waals surface area contributed by atoms with E-state index in [1.807, 2.05) is 4.90 Å². The fraction of sp³-hybridized carbons (Fsp3) is 0.545. The van der Waals surface area contributed by atoms with Gasteiger partial charge in [0, 0.05) is 31.7 Å². The fourth-order valence-corrected chi connectivity index (χ4v) is 4.40. The van der Waals surface area contributed by atoms with E-state index < -0.39 is 6.09 Å². The van der Waals surface area contributed by atoms with Crippen molar-refractivity contribution in [3.63, 3.8) is 0 Å². The van der Waals surface area contributed by atoms with Crippen LogP contribution in [-0.2, 0) is 10.8 Å². The molecule has 2 aromatic rings. The summed E-state index contributed by atoms with van der Waals surface area (Å²) in [5.74, 6) is 1.27. The molecule has 0 unspecified atom stereocenters. The SMILES string of the molecule is CC1(C)CCC(C)(C)c2cc(-c3ncnc(N4CCN(C(=O)O)CC4)n3)ccc21. The molecular formula is C22H29N5O2. The van der Waals surface area contributed by atoms with Gasteiger partial charge in [0.05, 0.1) is 0 Å². The molecule has 1 aliphatic heterocycles. The second-order valence-electron chi connectivity index (χ2n) is 9.39. The highest BCUT2D eigenvalue weighted by atomic mass is 16.4. The zero-order valence-electron chi connectivity index (χ0n) is 17.6. The van der Waals surface area contributed by atoms with E-state index in [9.17, 15) is 4.79 Å². The number of hydrogen-bond donors (Lipinski definition) is 1. The minimum atomic E-state index is -0.874. The van der Waals surface area contributed by atoms with E-state index in [2.05, 4.69) is 55.9 Å². The molecule has 0 saturated carbocycles. The van der Waals surface area contributed by atoms with Crippen LogP contribution in [0, 0.1) is 0 Å². The molecule has 0 atom stereocenters. The molecule has 1 aliphatic carbocycles. The Labute approximate surface area is 171 Å². The van der Waals surface area contributed by atoms with Gasteiger partial charge in [-0.1, -0.05) is 39.8 Å². The van der Waals surface area contributed by atoms with Gasteiger partial charge in [0.1, 0.15) is 6.33 Å².